The lowest BCUT2D eigenvalue weighted by atomic mass is 10.1. The van der Waals surface area contributed by atoms with Gasteiger partial charge < -0.3 is 15.0 Å². The predicted molar refractivity (Wildman–Crippen MR) is 78.5 cm³/mol. The number of methoxy groups -OCH3 is 1. The zero-order valence-electron chi connectivity index (χ0n) is 12.1. The van der Waals surface area contributed by atoms with Gasteiger partial charge in [0.15, 0.2) is 0 Å². The molecular formula is C16H23FN2O. The van der Waals surface area contributed by atoms with Crippen LogP contribution in [0.5, 0.6) is 0 Å². The van der Waals surface area contributed by atoms with E-state index in [0.29, 0.717) is 19.2 Å². The van der Waals surface area contributed by atoms with Gasteiger partial charge in [0.1, 0.15) is 5.82 Å². The standard InChI is InChI=1S/C16H23FN2O/c1-20-7-6-18-10-13-9-14(17)3-5-16(13)19-11-12-2-4-15(19)8-12/h3,5,9,12,15,18H,2,4,6-8,10-11H2,1H3. The molecule has 4 heteroatoms. The third-order valence-electron chi connectivity index (χ3n) is 4.56. The maximum atomic E-state index is 13.5. The number of rotatable bonds is 6. The van der Waals surface area contributed by atoms with Gasteiger partial charge in [-0.1, -0.05) is 0 Å². The molecule has 2 fully saturated rings. The molecule has 1 saturated carbocycles. The van der Waals surface area contributed by atoms with E-state index in [2.05, 4.69) is 10.2 Å². The minimum absolute atomic E-state index is 0.151. The fourth-order valence-electron chi connectivity index (χ4n) is 3.59. The van der Waals surface area contributed by atoms with Crippen LogP contribution in [0, 0.1) is 11.7 Å². The van der Waals surface area contributed by atoms with Gasteiger partial charge in [-0.3, -0.25) is 0 Å². The Morgan fingerprint density at radius 1 is 1.40 bits per heavy atom. The van der Waals surface area contributed by atoms with Crippen LogP contribution < -0.4 is 10.2 Å². The largest absolute Gasteiger partial charge is 0.383 e. The van der Waals surface area contributed by atoms with Crippen LogP contribution in [-0.4, -0.2) is 32.8 Å². The highest BCUT2D eigenvalue weighted by Crippen LogP contribution is 2.41. The Morgan fingerprint density at radius 3 is 3.00 bits per heavy atom. The molecule has 1 aromatic carbocycles. The molecule has 1 heterocycles. The van der Waals surface area contributed by atoms with Crippen LogP contribution in [0.2, 0.25) is 0 Å². The molecule has 1 aliphatic heterocycles. The molecule has 0 spiro atoms. The summed E-state index contributed by atoms with van der Waals surface area (Å²) >= 11 is 0. The van der Waals surface area contributed by atoms with Gasteiger partial charge in [-0.2, -0.15) is 0 Å². The van der Waals surface area contributed by atoms with Crippen LogP contribution in [0.15, 0.2) is 18.2 Å². The van der Waals surface area contributed by atoms with E-state index in [0.717, 1.165) is 24.6 Å². The van der Waals surface area contributed by atoms with Crippen molar-refractivity contribution in [3.05, 3.63) is 29.6 Å². The van der Waals surface area contributed by atoms with Gasteiger partial charge >= 0.3 is 0 Å². The highest BCUT2D eigenvalue weighted by molar-refractivity contribution is 5.56. The van der Waals surface area contributed by atoms with E-state index in [9.17, 15) is 4.39 Å². The Morgan fingerprint density at radius 2 is 2.30 bits per heavy atom. The van der Waals surface area contributed by atoms with Gasteiger partial charge in [0.25, 0.3) is 0 Å². The highest BCUT2D eigenvalue weighted by atomic mass is 19.1. The van der Waals surface area contributed by atoms with Crippen molar-refractivity contribution in [1.82, 2.24) is 5.32 Å². The van der Waals surface area contributed by atoms with Crippen molar-refractivity contribution in [3.8, 4) is 0 Å². The second-order valence-electron chi connectivity index (χ2n) is 5.93. The summed E-state index contributed by atoms with van der Waals surface area (Å²) in [6, 6.07) is 5.87. The van der Waals surface area contributed by atoms with Gasteiger partial charge in [-0.15, -0.1) is 0 Å². The maximum Gasteiger partial charge on any atom is 0.123 e. The lowest BCUT2D eigenvalue weighted by molar-refractivity contribution is 0.199. The molecule has 1 aliphatic carbocycles. The SMILES string of the molecule is COCCNCc1cc(F)ccc1N1CC2CCC1C2. The topological polar surface area (TPSA) is 24.5 Å². The smallest absolute Gasteiger partial charge is 0.123 e. The minimum Gasteiger partial charge on any atom is -0.383 e. The average Bonchev–Trinajstić information content (AvgIpc) is 3.06. The Labute approximate surface area is 120 Å². The summed E-state index contributed by atoms with van der Waals surface area (Å²) in [5.41, 5.74) is 2.28. The number of nitrogens with one attached hydrogen (secondary N) is 1. The van der Waals surface area contributed by atoms with Crippen LogP contribution >= 0.6 is 0 Å². The molecule has 2 unspecified atom stereocenters. The Bertz CT molecular complexity index is 466. The van der Waals surface area contributed by atoms with Crippen molar-refractivity contribution in [2.24, 2.45) is 5.92 Å². The molecule has 3 nitrogen and oxygen atoms in total. The Balaban J connectivity index is 1.72. The summed E-state index contributed by atoms with van der Waals surface area (Å²) in [6.07, 6.45) is 3.97. The predicted octanol–water partition coefficient (Wildman–Crippen LogP) is 2.55. The molecule has 0 radical (unpaired) electrons. The van der Waals surface area contributed by atoms with Crippen molar-refractivity contribution >= 4 is 5.69 Å². The summed E-state index contributed by atoms with van der Waals surface area (Å²) < 4.78 is 18.6. The van der Waals surface area contributed by atoms with E-state index in [-0.39, 0.29) is 5.82 Å². The quantitative estimate of drug-likeness (QED) is 0.809. The molecule has 1 saturated heterocycles. The van der Waals surface area contributed by atoms with Crippen molar-refractivity contribution in [2.45, 2.75) is 31.8 Å². The number of nitrogens with zero attached hydrogens (tertiary/aromatic N) is 1. The summed E-state index contributed by atoms with van der Waals surface area (Å²) in [5, 5.41) is 3.32. The maximum absolute atomic E-state index is 13.5. The third kappa shape index (κ3) is 2.81. The summed E-state index contributed by atoms with van der Waals surface area (Å²) in [6.45, 7) is 3.31. The zero-order valence-corrected chi connectivity index (χ0v) is 12.1. The molecule has 0 amide bonds. The number of fused-ring (bicyclic) bond motifs is 2. The fourth-order valence-corrected chi connectivity index (χ4v) is 3.59. The second kappa shape index (κ2) is 6.10. The van der Waals surface area contributed by atoms with Gasteiger partial charge in [-0.25, -0.2) is 4.39 Å². The lowest BCUT2D eigenvalue weighted by Crippen LogP contribution is -2.33. The average molecular weight is 278 g/mol. The number of hydrogen-bond acceptors (Lipinski definition) is 3. The van der Waals surface area contributed by atoms with E-state index in [1.165, 1.54) is 24.9 Å². The molecule has 20 heavy (non-hydrogen) atoms. The molecule has 110 valence electrons. The summed E-state index contributed by atoms with van der Waals surface area (Å²) in [4.78, 5) is 2.49. The van der Waals surface area contributed by atoms with E-state index in [1.54, 1.807) is 19.2 Å². The van der Waals surface area contributed by atoms with Crippen LogP contribution in [0.3, 0.4) is 0 Å². The lowest BCUT2D eigenvalue weighted by Gasteiger charge is -2.31. The molecule has 2 bridgehead atoms. The number of halogens is 1. The number of hydrogen-bond donors (Lipinski definition) is 1. The molecule has 3 rings (SSSR count). The van der Waals surface area contributed by atoms with E-state index in [4.69, 9.17) is 4.74 Å². The third-order valence-corrected chi connectivity index (χ3v) is 4.56. The zero-order chi connectivity index (χ0) is 13.9. The first-order chi connectivity index (χ1) is 9.78. The molecule has 0 aromatic heterocycles. The number of ether oxygens (including phenoxy) is 1. The van der Waals surface area contributed by atoms with Gasteiger partial charge in [0.2, 0.25) is 0 Å². The normalized spacial score (nSPS) is 24.6. The Hall–Kier alpha value is -1.13. The summed E-state index contributed by atoms with van der Waals surface area (Å²) in [5.74, 6) is 0.695. The van der Waals surface area contributed by atoms with Crippen molar-refractivity contribution < 1.29 is 9.13 Å². The van der Waals surface area contributed by atoms with E-state index in [1.807, 2.05) is 6.07 Å². The molecule has 2 atom stereocenters. The first-order valence-electron chi connectivity index (χ1n) is 7.52. The first-order valence-corrected chi connectivity index (χ1v) is 7.52. The molecule has 1 aromatic rings. The van der Waals surface area contributed by atoms with Crippen LogP contribution in [0.1, 0.15) is 24.8 Å². The van der Waals surface area contributed by atoms with E-state index >= 15 is 0 Å². The molecule has 1 N–H and O–H groups in total. The number of piperidine rings is 1. The molecule has 2 aliphatic rings. The number of anilines is 1. The van der Waals surface area contributed by atoms with Crippen molar-refractivity contribution in [1.29, 1.82) is 0 Å². The fraction of sp³-hybridized carbons (Fsp3) is 0.625. The van der Waals surface area contributed by atoms with Crippen LogP contribution in [0.25, 0.3) is 0 Å². The van der Waals surface area contributed by atoms with Gasteiger partial charge in [-0.05, 0) is 48.9 Å². The monoisotopic (exact) mass is 278 g/mol. The second-order valence-corrected chi connectivity index (χ2v) is 5.93. The highest BCUT2D eigenvalue weighted by Gasteiger charge is 2.38. The Kier molecular flexibility index (Phi) is 4.22. The molecular weight excluding hydrogens is 255 g/mol. The summed E-state index contributed by atoms with van der Waals surface area (Å²) in [7, 11) is 1.69. The van der Waals surface area contributed by atoms with Crippen LogP contribution in [0.4, 0.5) is 10.1 Å². The van der Waals surface area contributed by atoms with Gasteiger partial charge in [0.05, 0.1) is 6.61 Å². The van der Waals surface area contributed by atoms with E-state index < -0.39 is 0 Å². The van der Waals surface area contributed by atoms with Crippen molar-refractivity contribution in [2.75, 3.05) is 31.7 Å². The minimum atomic E-state index is -0.151. The van der Waals surface area contributed by atoms with Crippen molar-refractivity contribution in [3.63, 3.8) is 0 Å². The van der Waals surface area contributed by atoms with Gasteiger partial charge in [0, 0.05) is 38.5 Å². The number of benzene rings is 1. The van der Waals surface area contributed by atoms with Crippen LogP contribution in [-0.2, 0) is 11.3 Å². The first kappa shape index (κ1) is 13.8.